The molecule has 0 spiro atoms. The summed E-state index contributed by atoms with van der Waals surface area (Å²) in [5.41, 5.74) is 10.6. The molecule has 4 amide bonds. The molecule has 0 aliphatic heterocycles. The van der Waals surface area contributed by atoms with Crippen LogP contribution in [0.2, 0.25) is 0 Å². The second-order valence-electron chi connectivity index (χ2n) is 7.96. The first-order valence-electron chi connectivity index (χ1n) is 10.2. The fraction of sp³-hybridized carbons (Fsp3) is 0.632. The van der Waals surface area contributed by atoms with Crippen molar-refractivity contribution >= 4 is 41.5 Å². The van der Waals surface area contributed by atoms with E-state index in [4.69, 9.17) is 21.7 Å². The lowest BCUT2D eigenvalue weighted by Gasteiger charge is -2.25. The summed E-state index contributed by atoms with van der Waals surface area (Å²) in [6.45, 7) is 3.44. The monoisotopic (exact) mass is 489 g/mol. The third-order valence-electron chi connectivity index (χ3n) is 4.37. The quantitative estimate of drug-likeness (QED) is 0.109. The number of primary amides is 1. The smallest absolute Gasteiger partial charge is 0.326 e. The second kappa shape index (κ2) is 14.4. The van der Waals surface area contributed by atoms with Crippen molar-refractivity contribution in [2.75, 3.05) is 0 Å². The first-order valence-corrected chi connectivity index (χ1v) is 10.2. The van der Waals surface area contributed by atoms with Gasteiger partial charge >= 0.3 is 17.9 Å². The molecule has 34 heavy (non-hydrogen) atoms. The highest BCUT2D eigenvalue weighted by Crippen LogP contribution is 2.07. The summed E-state index contributed by atoms with van der Waals surface area (Å²) in [7, 11) is 0. The van der Waals surface area contributed by atoms with E-state index in [1.54, 1.807) is 13.8 Å². The van der Waals surface area contributed by atoms with E-state index in [2.05, 4.69) is 10.6 Å². The van der Waals surface area contributed by atoms with Crippen LogP contribution in [0, 0.1) is 5.92 Å². The molecule has 0 rings (SSSR count). The Morgan fingerprint density at radius 2 is 1.24 bits per heavy atom. The van der Waals surface area contributed by atoms with Gasteiger partial charge in [-0.1, -0.05) is 13.8 Å². The standard InChI is InChI=1S/C19H31N5O10/c1-8(2)5-11(23-16(30)9(20)6-15(28)29)17(31)24-12(7-13(21)25)18(32)22-10(19(33)34)3-4-14(26)27/h8-12H,3-7,20H2,1-2H3,(H2,21,25)(H,22,32)(H,23,30)(H,24,31)(H,26,27)(H,28,29)(H,33,34). The van der Waals surface area contributed by atoms with Gasteiger partial charge in [-0.3, -0.25) is 28.8 Å². The summed E-state index contributed by atoms with van der Waals surface area (Å²) in [6, 6.07) is -5.96. The number of hydrogen-bond acceptors (Lipinski definition) is 8. The molecule has 0 aliphatic rings. The minimum Gasteiger partial charge on any atom is -0.481 e. The van der Waals surface area contributed by atoms with E-state index in [1.807, 2.05) is 5.32 Å². The zero-order valence-corrected chi connectivity index (χ0v) is 18.8. The van der Waals surface area contributed by atoms with E-state index in [-0.39, 0.29) is 12.3 Å². The molecule has 0 aliphatic carbocycles. The molecule has 0 bridgehead atoms. The van der Waals surface area contributed by atoms with Gasteiger partial charge < -0.3 is 42.7 Å². The van der Waals surface area contributed by atoms with Crippen molar-refractivity contribution in [2.45, 2.75) is 70.1 Å². The van der Waals surface area contributed by atoms with Crippen LogP contribution in [0.4, 0.5) is 0 Å². The zero-order chi connectivity index (χ0) is 26.6. The van der Waals surface area contributed by atoms with Crippen LogP contribution >= 0.6 is 0 Å². The highest BCUT2D eigenvalue weighted by Gasteiger charge is 2.32. The summed E-state index contributed by atoms with van der Waals surface area (Å²) < 4.78 is 0. The lowest BCUT2D eigenvalue weighted by atomic mass is 10.0. The van der Waals surface area contributed by atoms with Crippen molar-refractivity contribution < 1.29 is 48.9 Å². The Kier molecular flexibility index (Phi) is 12.8. The Hall–Kier alpha value is -3.75. The molecule has 0 fully saturated rings. The molecular formula is C19H31N5O10. The molecular weight excluding hydrogens is 458 g/mol. The van der Waals surface area contributed by atoms with Crippen LogP contribution in [0.3, 0.4) is 0 Å². The molecule has 10 N–H and O–H groups in total. The average Bonchev–Trinajstić information content (AvgIpc) is 2.68. The van der Waals surface area contributed by atoms with E-state index in [1.165, 1.54) is 0 Å². The Morgan fingerprint density at radius 1 is 0.735 bits per heavy atom. The number of carbonyl (C=O) groups is 7. The highest BCUT2D eigenvalue weighted by molar-refractivity contribution is 5.96. The number of amides is 4. The molecule has 0 aromatic heterocycles. The van der Waals surface area contributed by atoms with Gasteiger partial charge in [0.1, 0.15) is 18.1 Å². The van der Waals surface area contributed by atoms with Crippen LogP contribution in [0.5, 0.6) is 0 Å². The third-order valence-corrected chi connectivity index (χ3v) is 4.37. The number of carboxylic acid groups (broad SMARTS) is 3. The zero-order valence-electron chi connectivity index (χ0n) is 18.8. The molecule has 0 saturated carbocycles. The van der Waals surface area contributed by atoms with Gasteiger partial charge in [-0.15, -0.1) is 0 Å². The van der Waals surface area contributed by atoms with E-state index >= 15 is 0 Å². The van der Waals surface area contributed by atoms with Crippen molar-refractivity contribution in [3.05, 3.63) is 0 Å². The summed E-state index contributed by atoms with van der Waals surface area (Å²) in [6.07, 6.45) is -2.38. The van der Waals surface area contributed by atoms with E-state index in [0.717, 1.165) is 0 Å². The first-order chi connectivity index (χ1) is 15.6. The number of carboxylic acids is 3. The molecule has 0 saturated heterocycles. The topological polar surface area (TPSA) is 268 Å². The predicted octanol–water partition coefficient (Wildman–Crippen LogP) is -2.89. The van der Waals surface area contributed by atoms with E-state index < -0.39 is 91.4 Å². The largest absolute Gasteiger partial charge is 0.481 e. The van der Waals surface area contributed by atoms with Gasteiger partial charge in [0.25, 0.3) is 0 Å². The Morgan fingerprint density at radius 3 is 1.68 bits per heavy atom. The molecule has 15 heteroatoms. The van der Waals surface area contributed by atoms with Crippen LogP contribution in [0.15, 0.2) is 0 Å². The van der Waals surface area contributed by atoms with Crippen LogP contribution in [0.25, 0.3) is 0 Å². The highest BCUT2D eigenvalue weighted by atomic mass is 16.4. The van der Waals surface area contributed by atoms with Crippen molar-refractivity contribution in [3.63, 3.8) is 0 Å². The maximum Gasteiger partial charge on any atom is 0.326 e. The molecule has 4 unspecified atom stereocenters. The summed E-state index contributed by atoms with van der Waals surface area (Å²) >= 11 is 0. The lowest BCUT2D eigenvalue weighted by molar-refractivity contribution is -0.143. The lowest BCUT2D eigenvalue weighted by Crippen LogP contribution is -2.58. The third kappa shape index (κ3) is 12.3. The van der Waals surface area contributed by atoms with E-state index in [9.17, 15) is 38.7 Å². The molecule has 0 aromatic carbocycles. The second-order valence-corrected chi connectivity index (χ2v) is 7.96. The van der Waals surface area contributed by atoms with Crippen molar-refractivity contribution in [2.24, 2.45) is 17.4 Å². The molecule has 4 atom stereocenters. The minimum atomic E-state index is -1.63. The number of hydrogen-bond donors (Lipinski definition) is 8. The van der Waals surface area contributed by atoms with Gasteiger partial charge in [0.05, 0.1) is 18.9 Å². The number of nitrogens with two attached hydrogens (primary N) is 2. The van der Waals surface area contributed by atoms with Crippen LogP contribution < -0.4 is 27.4 Å². The van der Waals surface area contributed by atoms with Crippen LogP contribution in [0.1, 0.15) is 46.0 Å². The normalized spacial score (nSPS) is 14.2. The fourth-order valence-corrected chi connectivity index (χ4v) is 2.74. The fourth-order valence-electron chi connectivity index (χ4n) is 2.74. The van der Waals surface area contributed by atoms with Crippen LogP contribution in [-0.4, -0.2) is 81.0 Å². The van der Waals surface area contributed by atoms with Gasteiger partial charge in [0.2, 0.25) is 23.6 Å². The Labute approximate surface area is 194 Å². The Bertz CT molecular complexity index is 800. The van der Waals surface area contributed by atoms with Crippen LogP contribution in [-0.2, 0) is 33.6 Å². The maximum atomic E-state index is 12.8. The summed E-state index contributed by atoms with van der Waals surface area (Å²) in [4.78, 5) is 81.7. The van der Waals surface area contributed by atoms with Gasteiger partial charge in [-0.05, 0) is 18.8 Å². The molecule has 0 heterocycles. The van der Waals surface area contributed by atoms with Gasteiger partial charge in [0, 0.05) is 6.42 Å². The molecule has 192 valence electrons. The minimum absolute atomic E-state index is 0.0542. The molecule has 0 radical (unpaired) electrons. The summed E-state index contributed by atoms with van der Waals surface area (Å²) in [5.74, 6) is -8.29. The average molecular weight is 489 g/mol. The number of carbonyl (C=O) groups excluding carboxylic acids is 4. The van der Waals surface area contributed by atoms with Crippen molar-refractivity contribution in [3.8, 4) is 0 Å². The van der Waals surface area contributed by atoms with Gasteiger partial charge in [-0.25, -0.2) is 4.79 Å². The first kappa shape index (κ1) is 30.2. The number of aliphatic carboxylic acids is 3. The molecule has 15 nitrogen and oxygen atoms in total. The summed E-state index contributed by atoms with van der Waals surface area (Å²) in [5, 5.41) is 33.2. The van der Waals surface area contributed by atoms with E-state index in [0.29, 0.717) is 0 Å². The van der Waals surface area contributed by atoms with Crippen molar-refractivity contribution in [1.29, 1.82) is 0 Å². The van der Waals surface area contributed by atoms with Gasteiger partial charge in [-0.2, -0.15) is 0 Å². The maximum absolute atomic E-state index is 12.8. The van der Waals surface area contributed by atoms with Crippen molar-refractivity contribution in [1.82, 2.24) is 16.0 Å². The molecule has 0 aromatic rings. The Balaban J connectivity index is 5.54. The predicted molar refractivity (Wildman–Crippen MR) is 114 cm³/mol. The van der Waals surface area contributed by atoms with Gasteiger partial charge in [0.15, 0.2) is 0 Å². The SMILES string of the molecule is CC(C)CC(NC(=O)C(N)CC(=O)O)C(=O)NC(CC(N)=O)C(=O)NC(CCC(=O)O)C(=O)O. The number of rotatable bonds is 16. The number of nitrogens with one attached hydrogen (secondary N) is 3.